The first-order chi connectivity index (χ1) is 21.4. The highest BCUT2D eigenvalue weighted by Gasteiger charge is 2.33. The number of alkyl halides is 3. The first-order valence-corrected chi connectivity index (χ1v) is 14.9. The van der Waals surface area contributed by atoms with Crippen molar-refractivity contribution < 1.29 is 32.2 Å². The van der Waals surface area contributed by atoms with Crippen molar-refractivity contribution in [3.05, 3.63) is 89.0 Å². The minimum Gasteiger partial charge on any atom is -0.485 e. The Bertz CT molecular complexity index is 1760. The second-order valence-corrected chi connectivity index (χ2v) is 11.5. The Labute approximate surface area is 265 Å². The number of nitrogens with one attached hydrogen (secondary N) is 1. The van der Waals surface area contributed by atoms with Crippen LogP contribution < -0.4 is 19.7 Å². The molecule has 234 valence electrons. The van der Waals surface area contributed by atoms with Gasteiger partial charge in [0.15, 0.2) is 11.0 Å². The molecular weight excluding hydrogens is 633 g/mol. The Morgan fingerprint density at radius 1 is 1.11 bits per heavy atom. The summed E-state index contributed by atoms with van der Waals surface area (Å²) in [5.41, 5.74) is 3.42. The van der Waals surface area contributed by atoms with Crippen LogP contribution in [0.4, 0.5) is 29.3 Å². The normalized spacial score (nSPS) is 14.4. The number of halogens is 4. The van der Waals surface area contributed by atoms with E-state index < -0.39 is 12.4 Å². The molecule has 0 saturated carbocycles. The van der Waals surface area contributed by atoms with Crippen molar-refractivity contribution in [2.45, 2.75) is 39.7 Å². The van der Waals surface area contributed by atoms with Gasteiger partial charge in [0, 0.05) is 6.07 Å². The zero-order valence-corrected chi connectivity index (χ0v) is 25.7. The van der Waals surface area contributed by atoms with E-state index in [1.165, 1.54) is 58.0 Å². The maximum atomic E-state index is 12.9. The standard InChI is InChI=1S/C30H26ClF3N6O4S/c1-17(2)22-10-4-18(3)12-25(22)40-27(41)15-45-29(40)37-28(42)36-24-11-9-21(13-23(24)31)43-14-26-35-16-39(38-26)19-5-7-20(8-6-19)44-30(32,33)34/h4-13,16-17H,14-15H2,1-3H3,(H,36,42). The fourth-order valence-electron chi connectivity index (χ4n) is 4.37. The maximum Gasteiger partial charge on any atom is 0.573 e. The first kappa shape index (κ1) is 31.9. The molecule has 1 N–H and O–H groups in total. The molecule has 1 aliphatic rings. The lowest BCUT2D eigenvalue weighted by Gasteiger charge is -2.22. The van der Waals surface area contributed by atoms with Crippen LogP contribution >= 0.6 is 23.4 Å². The van der Waals surface area contributed by atoms with E-state index in [-0.39, 0.29) is 45.8 Å². The molecule has 0 spiro atoms. The number of hydrogen-bond acceptors (Lipinski definition) is 7. The van der Waals surface area contributed by atoms with E-state index in [1.54, 1.807) is 12.1 Å². The van der Waals surface area contributed by atoms with Crippen LogP contribution in [0.2, 0.25) is 5.02 Å². The molecule has 0 atom stereocenters. The molecule has 0 bridgehead atoms. The highest BCUT2D eigenvalue weighted by molar-refractivity contribution is 8.15. The summed E-state index contributed by atoms with van der Waals surface area (Å²) in [7, 11) is 0. The summed E-state index contributed by atoms with van der Waals surface area (Å²) in [4.78, 5) is 35.5. The zero-order chi connectivity index (χ0) is 32.3. The minimum absolute atomic E-state index is 0.0314. The largest absolute Gasteiger partial charge is 0.573 e. The van der Waals surface area contributed by atoms with E-state index in [9.17, 15) is 22.8 Å². The highest BCUT2D eigenvalue weighted by atomic mass is 35.5. The number of aliphatic imine (C=N–C) groups is 1. The fraction of sp³-hybridized carbons (Fsp3) is 0.233. The Morgan fingerprint density at radius 3 is 2.53 bits per heavy atom. The molecule has 0 aliphatic carbocycles. The Balaban J connectivity index is 1.21. The quantitative estimate of drug-likeness (QED) is 0.209. The Kier molecular flexibility index (Phi) is 9.34. The molecule has 45 heavy (non-hydrogen) atoms. The summed E-state index contributed by atoms with van der Waals surface area (Å²) in [5.74, 6) is 0.487. The summed E-state index contributed by atoms with van der Waals surface area (Å²) in [6.07, 6.45) is -3.39. The number of rotatable bonds is 8. The van der Waals surface area contributed by atoms with Crippen LogP contribution in [0.25, 0.3) is 5.69 Å². The number of nitrogens with zero attached hydrogens (tertiary/aromatic N) is 5. The van der Waals surface area contributed by atoms with E-state index in [1.807, 2.05) is 39.0 Å². The third-order valence-corrected chi connectivity index (χ3v) is 7.67. The molecule has 1 saturated heterocycles. The second-order valence-electron chi connectivity index (χ2n) is 10.1. The van der Waals surface area contributed by atoms with E-state index in [0.717, 1.165) is 11.1 Å². The molecule has 4 aromatic rings. The predicted octanol–water partition coefficient (Wildman–Crippen LogP) is 7.50. The average molecular weight is 659 g/mol. The lowest BCUT2D eigenvalue weighted by molar-refractivity contribution is -0.274. The summed E-state index contributed by atoms with van der Waals surface area (Å²) in [6, 6.07) is 15.0. The van der Waals surface area contributed by atoms with Crippen LogP contribution in [-0.4, -0.2) is 44.0 Å². The van der Waals surface area contributed by atoms with E-state index in [4.69, 9.17) is 16.3 Å². The number of carbonyl (C=O) groups is 2. The predicted molar refractivity (Wildman–Crippen MR) is 165 cm³/mol. The van der Waals surface area contributed by atoms with Gasteiger partial charge in [0.2, 0.25) is 5.91 Å². The molecule has 1 fully saturated rings. The van der Waals surface area contributed by atoms with Crippen LogP contribution in [0, 0.1) is 6.92 Å². The zero-order valence-electron chi connectivity index (χ0n) is 24.1. The van der Waals surface area contributed by atoms with Gasteiger partial charge in [-0.15, -0.1) is 18.3 Å². The van der Waals surface area contributed by atoms with Crippen LogP contribution in [0.3, 0.4) is 0 Å². The van der Waals surface area contributed by atoms with Crippen LogP contribution in [0.1, 0.15) is 36.7 Å². The van der Waals surface area contributed by atoms with E-state index in [2.05, 4.69) is 25.1 Å². The number of hydrogen-bond donors (Lipinski definition) is 1. The monoisotopic (exact) mass is 658 g/mol. The fourth-order valence-corrected chi connectivity index (χ4v) is 5.45. The van der Waals surface area contributed by atoms with Gasteiger partial charge in [0.1, 0.15) is 24.4 Å². The molecule has 0 radical (unpaired) electrons. The Hall–Kier alpha value is -4.56. The van der Waals surface area contributed by atoms with Crippen molar-refractivity contribution in [1.82, 2.24) is 14.8 Å². The number of amides is 3. The van der Waals surface area contributed by atoms with Gasteiger partial charge in [-0.1, -0.05) is 49.3 Å². The van der Waals surface area contributed by atoms with E-state index >= 15 is 0 Å². The Morgan fingerprint density at radius 2 is 1.84 bits per heavy atom. The molecule has 0 unspecified atom stereocenters. The number of amidine groups is 1. The van der Waals surface area contributed by atoms with Crippen molar-refractivity contribution in [3.63, 3.8) is 0 Å². The number of anilines is 2. The molecule has 2 heterocycles. The minimum atomic E-state index is -4.78. The van der Waals surface area contributed by atoms with Gasteiger partial charge in [-0.3, -0.25) is 9.69 Å². The van der Waals surface area contributed by atoms with Crippen molar-refractivity contribution in [1.29, 1.82) is 0 Å². The van der Waals surface area contributed by atoms with Gasteiger partial charge in [0.25, 0.3) is 0 Å². The maximum absolute atomic E-state index is 12.9. The summed E-state index contributed by atoms with van der Waals surface area (Å²) in [5, 5.41) is 7.38. The summed E-state index contributed by atoms with van der Waals surface area (Å²) in [6.45, 7) is 5.97. The van der Waals surface area contributed by atoms with Gasteiger partial charge >= 0.3 is 12.4 Å². The molecular formula is C30H26ClF3N6O4S. The second kappa shape index (κ2) is 13.2. The lowest BCUT2D eigenvalue weighted by atomic mass is 9.99. The first-order valence-electron chi connectivity index (χ1n) is 13.5. The van der Waals surface area contributed by atoms with Crippen LogP contribution in [0.5, 0.6) is 11.5 Å². The third kappa shape index (κ3) is 7.94. The average Bonchev–Trinajstić information content (AvgIpc) is 3.59. The molecule has 15 heteroatoms. The van der Waals surface area contributed by atoms with Gasteiger partial charge in [-0.25, -0.2) is 14.5 Å². The summed E-state index contributed by atoms with van der Waals surface area (Å²) < 4.78 is 48.1. The van der Waals surface area contributed by atoms with Crippen molar-refractivity contribution in [2.24, 2.45) is 4.99 Å². The highest BCUT2D eigenvalue weighted by Crippen LogP contribution is 2.34. The van der Waals surface area contributed by atoms with Gasteiger partial charge in [-0.05, 0) is 66.4 Å². The molecule has 3 aromatic carbocycles. The molecule has 3 amide bonds. The molecule has 5 rings (SSSR count). The van der Waals surface area contributed by atoms with E-state index in [0.29, 0.717) is 22.9 Å². The number of aryl methyl sites for hydroxylation is 1. The number of benzene rings is 3. The molecule has 1 aliphatic heterocycles. The van der Waals surface area contributed by atoms with Crippen LogP contribution in [0.15, 0.2) is 72.0 Å². The van der Waals surface area contributed by atoms with Crippen LogP contribution in [-0.2, 0) is 11.4 Å². The van der Waals surface area contributed by atoms with Gasteiger partial charge < -0.3 is 14.8 Å². The van der Waals surface area contributed by atoms with Crippen molar-refractivity contribution in [2.75, 3.05) is 16.0 Å². The third-order valence-electron chi connectivity index (χ3n) is 6.44. The number of aromatic nitrogens is 3. The number of urea groups is 1. The SMILES string of the molecule is Cc1ccc(C(C)C)c(N2C(=O)CSC2=NC(=O)Nc2ccc(OCc3ncn(-c4ccc(OC(F)(F)F)cc4)n3)cc2Cl)c1. The number of thioether (sulfide) groups is 1. The van der Waals surface area contributed by atoms with Gasteiger partial charge in [-0.2, -0.15) is 4.99 Å². The van der Waals surface area contributed by atoms with Gasteiger partial charge in [0.05, 0.1) is 27.8 Å². The smallest absolute Gasteiger partial charge is 0.485 e. The molecule has 10 nitrogen and oxygen atoms in total. The number of carbonyl (C=O) groups excluding carboxylic acids is 2. The summed E-state index contributed by atoms with van der Waals surface area (Å²) >= 11 is 7.59. The topological polar surface area (TPSA) is 111 Å². The lowest BCUT2D eigenvalue weighted by Crippen LogP contribution is -2.31. The van der Waals surface area contributed by atoms with Crippen molar-refractivity contribution in [3.8, 4) is 17.2 Å². The van der Waals surface area contributed by atoms with Crippen molar-refractivity contribution >= 4 is 51.8 Å². The molecule has 1 aromatic heterocycles. The number of ether oxygens (including phenoxy) is 2.